The molecule has 1 aliphatic rings. The molecule has 0 heterocycles. The fraction of sp³-hybridized carbons (Fsp3) is 0.625. The van der Waals surface area contributed by atoms with Crippen LogP contribution in [0, 0.1) is 6.42 Å². The van der Waals surface area contributed by atoms with Crippen LogP contribution in [0.15, 0.2) is 11.6 Å². The van der Waals surface area contributed by atoms with Crippen LogP contribution in [-0.4, -0.2) is 0 Å². The van der Waals surface area contributed by atoms with Gasteiger partial charge in [-0.3, -0.25) is 0 Å². The Hall–Kier alpha value is -0.390. The molecule has 0 saturated heterocycles. The monoisotopic (exact) mass is 109 g/mol. The lowest BCUT2D eigenvalue weighted by Gasteiger charge is -2.25. The molecule has 8 heavy (non-hydrogen) atoms. The van der Waals surface area contributed by atoms with E-state index in [1.165, 1.54) is 25.7 Å². The van der Waals surface area contributed by atoms with Gasteiger partial charge in [0.15, 0.2) is 0 Å². The third kappa shape index (κ3) is 1.29. The van der Waals surface area contributed by atoms with Crippen molar-refractivity contribution in [2.75, 3.05) is 0 Å². The van der Waals surface area contributed by atoms with Crippen molar-refractivity contribution >= 4 is 0 Å². The quantitative estimate of drug-likeness (QED) is 0.489. The van der Waals surface area contributed by atoms with E-state index < -0.39 is 0 Å². The predicted molar refractivity (Wildman–Crippen MR) is 36.5 cm³/mol. The molecular weight excluding hydrogens is 96.1 g/mol. The molecule has 0 aromatic heterocycles. The standard InChI is InChI=1S/C8H13/c1-2-3-5-8-6-4-7-8/h4,6H,2-3,5,7H2,1H3/q-1. The molecule has 0 unspecified atom stereocenters. The molecule has 46 valence electrons. The summed E-state index contributed by atoms with van der Waals surface area (Å²) in [6.07, 6.45) is 9.78. The van der Waals surface area contributed by atoms with Gasteiger partial charge in [-0.1, -0.05) is 26.2 Å². The summed E-state index contributed by atoms with van der Waals surface area (Å²) in [5, 5.41) is 0. The molecule has 0 aromatic carbocycles. The van der Waals surface area contributed by atoms with Crippen LogP contribution in [-0.2, 0) is 0 Å². The maximum absolute atomic E-state index is 2.25. The lowest BCUT2D eigenvalue weighted by Crippen LogP contribution is -1.93. The molecule has 0 atom stereocenters. The summed E-state index contributed by atoms with van der Waals surface area (Å²) in [4.78, 5) is 0. The van der Waals surface area contributed by atoms with Crippen LogP contribution >= 0.6 is 0 Å². The normalized spacial score (nSPS) is 16.4. The maximum Gasteiger partial charge on any atom is -0.0573 e. The zero-order valence-corrected chi connectivity index (χ0v) is 5.48. The van der Waals surface area contributed by atoms with Crippen molar-refractivity contribution in [1.29, 1.82) is 0 Å². The fourth-order valence-electron chi connectivity index (χ4n) is 0.874. The number of hydrogen-bond acceptors (Lipinski definition) is 0. The molecule has 0 bridgehead atoms. The second kappa shape index (κ2) is 2.81. The van der Waals surface area contributed by atoms with E-state index in [0.717, 1.165) is 0 Å². The highest BCUT2D eigenvalue weighted by Crippen LogP contribution is 2.21. The lowest BCUT2D eigenvalue weighted by atomic mass is 9.94. The molecule has 0 N–H and O–H groups in total. The summed E-state index contributed by atoms with van der Waals surface area (Å²) in [7, 11) is 0. The second-order valence-corrected chi connectivity index (χ2v) is 2.37. The molecule has 0 fully saturated rings. The van der Waals surface area contributed by atoms with Crippen LogP contribution in [0.5, 0.6) is 0 Å². The Morgan fingerprint density at radius 3 is 2.88 bits per heavy atom. The van der Waals surface area contributed by atoms with Gasteiger partial charge in [0.1, 0.15) is 0 Å². The van der Waals surface area contributed by atoms with E-state index in [0.29, 0.717) is 0 Å². The third-order valence-corrected chi connectivity index (χ3v) is 1.59. The van der Waals surface area contributed by atoms with Crippen molar-refractivity contribution in [2.45, 2.75) is 32.6 Å². The van der Waals surface area contributed by atoms with Crippen LogP contribution in [0.2, 0.25) is 0 Å². The highest BCUT2D eigenvalue weighted by molar-refractivity contribution is 5.22. The van der Waals surface area contributed by atoms with Crippen molar-refractivity contribution < 1.29 is 0 Å². The molecule has 0 radical (unpaired) electrons. The number of rotatable bonds is 3. The zero-order chi connectivity index (χ0) is 5.82. The van der Waals surface area contributed by atoms with Crippen molar-refractivity contribution in [3.8, 4) is 0 Å². The van der Waals surface area contributed by atoms with Crippen LogP contribution in [0.3, 0.4) is 0 Å². The Labute approximate surface area is 51.6 Å². The van der Waals surface area contributed by atoms with Gasteiger partial charge in [-0.15, -0.1) is 6.42 Å². The Morgan fingerprint density at radius 1 is 1.75 bits per heavy atom. The number of hydrogen-bond donors (Lipinski definition) is 0. The molecule has 0 aromatic rings. The minimum atomic E-state index is 1.26. The van der Waals surface area contributed by atoms with Crippen molar-refractivity contribution in [1.82, 2.24) is 0 Å². The molecule has 1 rings (SSSR count). The highest BCUT2D eigenvalue weighted by Gasteiger charge is 1.90. The molecule has 1 aliphatic carbocycles. The van der Waals surface area contributed by atoms with E-state index in [-0.39, 0.29) is 0 Å². The summed E-state index contributed by atoms with van der Waals surface area (Å²) in [6.45, 7) is 2.24. The van der Waals surface area contributed by atoms with Gasteiger partial charge in [-0.25, -0.2) is 18.1 Å². The molecule has 0 nitrogen and oxygen atoms in total. The first-order chi connectivity index (χ1) is 3.93. The van der Waals surface area contributed by atoms with Gasteiger partial charge in [0, 0.05) is 0 Å². The topological polar surface area (TPSA) is 0 Å². The van der Waals surface area contributed by atoms with Gasteiger partial charge in [-0.2, -0.15) is 0 Å². The smallest absolute Gasteiger partial charge is 0.0573 e. The minimum Gasteiger partial charge on any atom is -0.243 e. The van der Waals surface area contributed by atoms with E-state index >= 15 is 0 Å². The summed E-state index contributed by atoms with van der Waals surface area (Å²) < 4.78 is 0. The number of allylic oxidation sites excluding steroid dienone is 2. The highest BCUT2D eigenvalue weighted by atomic mass is 14.1. The van der Waals surface area contributed by atoms with Gasteiger partial charge < -0.3 is 0 Å². The average molecular weight is 109 g/mol. The molecular formula is C8H13-. The van der Waals surface area contributed by atoms with Crippen molar-refractivity contribution in [3.05, 3.63) is 18.1 Å². The summed E-state index contributed by atoms with van der Waals surface area (Å²) in [5.41, 5.74) is 1.65. The van der Waals surface area contributed by atoms with Crippen LogP contribution < -0.4 is 0 Å². The Morgan fingerprint density at radius 2 is 2.50 bits per heavy atom. The van der Waals surface area contributed by atoms with Crippen LogP contribution in [0.25, 0.3) is 0 Å². The van der Waals surface area contributed by atoms with E-state index in [2.05, 4.69) is 19.4 Å². The number of unbranched alkanes of at least 4 members (excludes halogenated alkanes) is 1. The Kier molecular flexibility index (Phi) is 2.01. The summed E-state index contributed by atoms with van der Waals surface area (Å²) in [6, 6.07) is 0. The summed E-state index contributed by atoms with van der Waals surface area (Å²) in [5.74, 6) is 0. The molecule has 0 aliphatic heterocycles. The van der Waals surface area contributed by atoms with E-state index in [4.69, 9.17) is 0 Å². The fourth-order valence-corrected chi connectivity index (χ4v) is 0.874. The molecule has 0 saturated carbocycles. The molecule has 0 heteroatoms. The molecule has 0 spiro atoms. The van der Waals surface area contributed by atoms with Gasteiger partial charge in [0.2, 0.25) is 0 Å². The Bertz CT molecular complexity index is 90.2. The van der Waals surface area contributed by atoms with E-state index in [9.17, 15) is 0 Å². The van der Waals surface area contributed by atoms with Gasteiger partial charge in [0.05, 0.1) is 0 Å². The minimum absolute atomic E-state index is 1.26. The first-order valence-corrected chi connectivity index (χ1v) is 3.44. The second-order valence-electron chi connectivity index (χ2n) is 2.37. The zero-order valence-electron chi connectivity index (χ0n) is 5.48. The maximum atomic E-state index is 2.25. The van der Waals surface area contributed by atoms with Crippen LogP contribution in [0.4, 0.5) is 0 Å². The predicted octanol–water partition coefficient (Wildman–Crippen LogP) is 2.71. The summed E-state index contributed by atoms with van der Waals surface area (Å²) >= 11 is 0. The Balaban J connectivity index is 2.02. The lowest BCUT2D eigenvalue weighted by molar-refractivity contribution is 0.755. The molecule has 0 amide bonds. The third-order valence-electron chi connectivity index (χ3n) is 1.59. The SMILES string of the molecule is CCCCC1=C[CH-]C1. The first-order valence-electron chi connectivity index (χ1n) is 3.44. The van der Waals surface area contributed by atoms with Gasteiger partial charge >= 0.3 is 0 Å². The van der Waals surface area contributed by atoms with Gasteiger partial charge in [-0.05, 0) is 0 Å². The van der Waals surface area contributed by atoms with Crippen LogP contribution in [0.1, 0.15) is 32.6 Å². The first kappa shape index (κ1) is 5.74. The largest absolute Gasteiger partial charge is 0.243 e. The van der Waals surface area contributed by atoms with Gasteiger partial charge in [0.25, 0.3) is 0 Å². The van der Waals surface area contributed by atoms with E-state index in [1.807, 2.05) is 0 Å². The van der Waals surface area contributed by atoms with Crippen molar-refractivity contribution in [3.63, 3.8) is 0 Å². The van der Waals surface area contributed by atoms with Crippen molar-refractivity contribution in [2.24, 2.45) is 0 Å². The average Bonchev–Trinajstić information content (AvgIpc) is 1.63. The van der Waals surface area contributed by atoms with E-state index in [1.54, 1.807) is 5.57 Å².